The van der Waals surface area contributed by atoms with Crippen molar-refractivity contribution in [2.24, 2.45) is 13.0 Å². The Kier molecular flexibility index (Phi) is 3.85. The van der Waals surface area contributed by atoms with Crippen LogP contribution in [0.3, 0.4) is 0 Å². The third-order valence-corrected chi connectivity index (χ3v) is 3.58. The molecule has 2 atom stereocenters. The van der Waals surface area contributed by atoms with Crippen LogP contribution >= 0.6 is 0 Å². The summed E-state index contributed by atoms with van der Waals surface area (Å²) in [5, 5.41) is 12.4. The first-order chi connectivity index (χ1) is 9.08. The quantitative estimate of drug-likeness (QED) is 0.863. The van der Waals surface area contributed by atoms with E-state index in [2.05, 4.69) is 10.3 Å². The summed E-state index contributed by atoms with van der Waals surface area (Å²) in [7, 11) is 3.73. The summed E-state index contributed by atoms with van der Waals surface area (Å²) in [6.45, 7) is 1.89. The fraction of sp³-hybridized carbons (Fsp3) is 0.429. The lowest BCUT2D eigenvalue weighted by molar-refractivity contribution is -0.143. The third-order valence-electron chi connectivity index (χ3n) is 3.58. The van der Waals surface area contributed by atoms with Crippen LogP contribution in [0.4, 0.5) is 0 Å². The SMILES string of the molecule is CCC(C(=O)O)C(NC)c1ccc2c(c1)ncn2C. The molecule has 0 spiro atoms. The second-order valence-electron chi connectivity index (χ2n) is 4.72. The third kappa shape index (κ3) is 2.46. The highest BCUT2D eigenvalue weighted by atomic mass is 16.4. The molecular weight excluding hydrogens is 242 g/mol. The first-order valence-electron chi connectivity index (χ1n) is 6.39. The monoisotopic (exact) mass is 261 g/mol. The summed E-state index contributed by atoms with van der Waals surface area (Å²) in [4.78, 5) is 15.6. The van der Waals surface area contributed by atoms with Gasteiger partial charge >= 0.3 is 5.97 Å². The van der Waals surface area contributed by atoms with Crippen LogP contribution in [-0.2, 0) is 11.8 Å². The Morgan fingerprint density at radius 1 is 1.53 bits per heavy atom. The van der Waals surface area contributed by atoms with Crippen molar-refractivity contribution in [3.05, 3.63) is 30.1 Å². The minimum absolute atomic E-state index is 0.200. The van der Waals surface area contributed by atoms with Crippen LogP contribution < -0.4 is 5.32 Å². The molecule has 2 rings (SSSR count). The van der Waals surface area contributed by atoms with Crippen molar-refractivity contribution in [1.29, 1.82) is 0 Å². The van der Waals surface area contributed by atoms with E-state index < -0.39 is 11.9 Å². The van der Waals surface area contributed by atoms with Crippen molar-refractivity contribution < 1.29 is 9.90 Å². The number of aromatic nitrogens is 2. The number of benzene rings is 1. The average molecular weight is 261 g/mol. The molecule has 0 saturated carbocycles. The zero-order valence-corrected chi connectivity index (χ0v) is 11.4. The number of carbonyl (C=O) groups is 1. The van der Waals surface area contributed by atoms with Crippen LogP contribution in [0.25, 0.3) is 11.0 Å². The van der Waals surface area contributed by atoms with Crippen molar-refractivity contribution in [2.45, 2.75) is 19.4 Å². The maximum atomic E-state index is 11.3. The summed E-state index contributed by atoms with van der Waals surface area (Å²) >= 11 is 0. The minimum atomic E-state index is -0.775. The standard InChI is InChI=1S/C14H19N3O2/c1-4-10(14(18)19)13(15-2)9-5-6-12-11(7-9)16-8-17(12)3/h5-8,10,13,15H,4H2,1-3H3,(H,18,19). The van der Waals surface area contributed by atoms with Gasteiger partial charge in [0.15, 0.2) is 0 Å². The Bertz CT molecular complexity index is 591. The molecule has 1 aromatic carbocycles. The maximum Gasteiger partial charge on any atom is 0.308 e. The van der Waals surface area contributed by atoms with Gasteiger partial charge in [0.1, 0.15) is 0 Å². The van der Waals surface area contributed by atoms with Crippen LogP contribution in [-0.4, -0.2) is 27.7 Å². The molecule has 19 heavy (non-hydrogen) atoms. The molecule has 0 radical (unpaired) electrons. The molecule has 2 N–H and O–H groups in total. The maximum absolute atomic E-state index is 11.3. The van der Waals surface area contributed by atoms with Gasteiger partial charge in [-0.05, 0) is 31.2 Å². The van der Waals surface area contributed by atoms with Crippen LogP contribution in [0, 0.1) is 5.92 Å². The highest BCUT2D eigenvalue weighted by molar-refractivity contribution is 5.77. The van der Waals surface area contributed by atoms with Gasteiger partial charge in [0, 0.05) is 13.1 Å². The number of fused-ring (bicyclic) bond motifs is 1. The Hall–Kier alpha value is -1.88. The summed E-state index contributed by atoms with van der Waals surface area (Å²) in [6.07, 6.45) is 2.35. The normalized spacial score (nSPS) is 14.5. The fourth-order valence-corrected chi connectivity index (χ4v) is 2.50. The lowest BCUT2D eigenvalue weighted by Gasteiger charge is -2.23. The first kappa shape index (κ1) is 13.5. The number of hydrogen-bond donors (Lipinski definition) is 2. The zero-order valence-electron chi connectivity index (χ0n) is 11.4. The van der Waals surface area contributed by atoms with Gasteiger partial charge in [-0.15, -0.1) is 0 Å². The minimum Gasteiger partial charge on any atom is -0.481 e. The number of imidazole rings is 1. The number of carboxylic acid groups (broad SMARTS) is 1. The fourth-order valence-electron chi connectivity index (χ4n) is 2.50. The Morgan fingerprint density at radius 2 is 2.26 bits per heavy atom. The zero-order chi connectivity index (χ0) is 14.0. The topological polar surface area (TPSA) is 67.2 Å². The molecule has 0 saturated heterocycles. The molecule has 5 nitrogen and oxygen atoms in total. The second kappa shape index (κ2) is 5.40. The van der Waals surface area contributed by atoms with E-state index in [0.717, 1.165) is 16.6 Å². The molecule has 1 aromatic heterocycles. The Labute approximate surface area is 112 Å². The van der Waals surface area contributed by atoms with Crippen LogP contribution in [0.5, 0.6) is 0 Å². The summed E-state index contributed by atoms with van der Waals surface area (Å²) < 4.78 is 1.95. The lowest BCUT2D eigenvalue weighted by Crippen LogP contribution is -2.30. The number of nitrogens with one attached hydrogen (secondary N) is 1. The molecule has 1 heterocycles. The molecule has 0 aliphatic rings. The van der Waals surface area contributed by atoms with E-state index in [1.165, 1.54) is 0 Å². The van der Waals surface area contributed by atoms with Gasteiger partial charge in [0.2, 0.25) is 0 Å². The average Bonchev–Trinajstić information content (AvgIpc) is 2.76. The van der Waals surface area contributed by atoms with Gasteiger partial charge in [-0.3, -0.25) is 4.79 Å². The number of rotatable bonds is 5. The molecule has 102 valence electrons. The number of aryl methyl sites for hydroxylation is 1. The number of aliphatic carboxylic acids is 1. The predicted octanol–water partition coefficient (Wildman–Crippen LogP) is 1.94. The predicted molar refractivity (Wildman–Crippen MR) is 73.9 cm³/mol. The smallest absolute Gasteiger partial charge is 0.308 e. The molecular formula is C14H19N3O2. The van der Waals surface area contributed by atoms with Crippen LogP contribution in [0.1, 0.15) is 24.9 Å². The molecule has 0 aliphatic heterocycles. The Morgan fingerprint density at radius 3 is 2.84 bits per heavy atom. The molecule has 2 unspecified atom stereocenters. The summed E-state index contributed by atoms with van der Waals surface area (Å²) in [5.41, 5.74) is 2.89. The van der Waals surface area contributed by atoms with Gasteiger partial charge in [-0.2, -0.15) is 0 Å². The van der Waals surface area contributed by atoms with Crippen molar-refractivity contribution in [2.75, 3.05) is 7.05 Å². The van der Waals surface area contributed by atoms with Crippen molar-refractivity contribution in [1.82, 2.24) is 14.9 Å². The van der Waals surface area contributed by atoms with Gasteiger partial charge in [0.05, 0.1) is 23.3 Å². The molecule has 0 amide bonds. The van der Waals surface area contributed by atoms with E-state index in [9.17, 15) is 9.90 Å². The van der Waals surface area contributed by atoms with Crippen molar-refractivity contribution in [3.8, 4) is 0 Å². The highest BCUT2D eigenvalue weighted by Gasteiger charge is 2.26. The largest absolute Gasteiger partial charge is 0.481 e. The van der Waals surface area contributed by atoms with Crippen molar-refractivity contribution in [3.63, 3.8) is 0 Å². The van der Waals surface area contributed by atoms with E-state index in [0.29, 0.717) is 6.42 Å². The molecule has 5 heteroatoms. The molecule has 0 fully saturated rings. The van der Waals surface area contributed by atoms with Gasteiger partial charge in [-0.1, -0.05) is 13.0 Å². The highest BCUT2D eigenvalue weighted by Crippen LogP contribution is 2.27. The van der Waals surface area contributed by atoms with Crippen LogP contribution in [0.15, 0.2) is 24.5 Å². The first-order valence-corrected chi connectivity index (χ1v) is 6.39. The van der Waals surface area contributed by atoms with E-state index in [1.54, 1.807) is 13.4 Å². The van der Waals surface area contributed by atoms with Gasteiger partial charge in [0.25, 0.3) is 0 Å². The van der Waals surface area contributed by atoms with E-state index in [4.69, 9.17) is 0 Å². The Balaban J connectivity index is 2.42. The lowest BCUT2D eigenvalue weighted by atomic mass is 9.91. The van der Waals surface area contributed by atoms with Crippen molar-refractivity contribution >= 4 is 17.0 Å². The van der Waals surface area contributed by atoms with E-state index in [1.807, 2.05) is 36.7 Å². The second-order valence-corrected chi connectivity index (χ2v) is 4.72. The van der Waals surface area contributed by atoms with Gasteiger partial charge in [-0.25, -0.2) is 4.98 Å². The number of carboxylic acids is 1. The molecule has 2 aromatic rings. The number of hydrogen-bond acceptors (Lipinski definition) is 3. The molecule has 0 aliphatic carbocycles. The van der Waals surface area contributed by atoms with Crippen LogP contribution in [0.2, 0.25) is 0 Å². The van der Waals surface area contributed by atoms with E-state index in [-0.39, 0.29) is 6.04 Å². The summed E-state index contributed by atoms with van der Waals surface area (Å²) in [5.74, 6) is -1.21. The molecule has 0 bridgehead atoms. The van der Waals surface area contributed by atoms with Gasteiger partial charge < -0.3 is 15.0 Å². The summed E-state index contributed by atoms with van der Waals surface area (Å²) in [6, 6.07) is 5.71. The number of nitrogens with zero attached hydrogens (tertiary/aromatic N) is 2. The van der Waals surface area contributed by atoms with E-state index >= 15 is 0 Å².